The zero-order valence-corrected chi connectivity index (χ0v) is 23.9. The van der Waals surface area contributed by atoms with Crippen molar-refractivity contribution in [2.45, 2.75) is 44.7 Å². The number of hydrogen-bond acceptors (Lipinski definition) is 7. The number of amides is 1. The van der Waals surface area contributed by atoms with Crippen molar-refractivity contribution in [2.75, 3.05) is 38.2 Å². The van der Waals surface area contributed by atoms with Crippen molar-refractivity contribution in [3.8, 4) is 0 Å². The molecule has 2 aliphatic rings. The van der Waals surface area contributed by atoms with Gasteiger partial charge in [-0.1, -0.05) is 49.2 Å². The summed E-state index contributed by atoms with van der Waals surface area (Å²) in [5, 5.41) is 2.80. The van der Waals surface area contributed by atoms with E-state index < -0.39 is 0 Å². The summed E-state index contributed by atoms with van der Waals surface area (Å²) >= 11 is 0. The van der Waals surface area contributed by atoms with Gasteiger partial charge in [0.1, 0.15) is 5.82 Å². The number of ether oxygens (including phenoxy) is 1. The van der Waals surface area contributed by atoms with E-state index in [2.05, 4.69) is 50.1 Å². The van der Waals surface area contributed by atoms with Crippen LogP contribution in [-0.4, -0.2) is 64.0 Å². The molecule has 2 aromatic heterocycles. The molecule has 218 valence electrons. The van der Waals surface area contributed by atoms with Crippen LogP contribution in [0.15, 0.2) is 66.9 Å². The molecule has 1 aliphatic heterocycles. The van der Waals surface area contributed by atoms with Crippen molar-refractivity contribution in [1.82, 2.24) is 19.4 Å². The number of ketones is 1. The maximum Gasteiger partial charge on any atom is 0.238 e. The minimum Gasteiger partial charge on any atom is -0.379 e. The summed E-state index contributed by atoms with van der Waals surface area (Å²) in [4.78, 5) is 37.6. The molecular formula is C33H38N6O3. The van der Waals surface area contributed by atoms with E-state index in [1.54, 1.807) is 12.3 Å². The predicted molar refractivity (Wildman–Crippen MR) is 162 cm³/mol. The molecule has 6 rings (SSSR count). The number of anilines is 1. The molecule has 1 saturated carbocycles. The van der Waals surface area contributed by atoms with Crippen LogP contribution >= 0.6 is 0 Å². The van der Waals surface area contributed by atoms with Crippen LogP contribution in [0.2, 0.25) is 0 Å². The van der Waals surface area contributed by atoms with Crippen molar-refractivity contribution < 1.29 is 14.3 Å². The number of nitrogens with zero attached hydrogens (tertiary/aromatic N) is 4. The molecule has 2 atom stereocenters. The number of carbonyl (C=O) groups is 2. The molecule has 42 heavy (non-hydrogen) atoms. The van der Waals surface area contributed by atoms with Gasteiger partial charge in [0.15, 0.2) is 11.4 Å². The SMILES string of the molecule is NCC(=O)Nc1ccccc1C(=O)[C@H]1CCCC[C@H]1c1ccc(Cn2c(CN3CCOCC3)nc3ncccc32)cc1. The summed E-state index contributed by atoms with van der Waals surface area (Å²) in [5.41, 5.74) is 10.8. The Morgan fingerprint density at radius 2 is 1.74 bits per heavy atom. The van der Waals surface area contributed by atoms with Gasteiger partial charge in [0.05, 0.1) is 37.5 Å². The van der Waals surface area contributed by atoms with Crippen molar-refractivity contribution in [3.63, 3.8) is 0 Å². The molecule has 1 amide bonds. The van der Waals surface area contributed by atoms with E-state index >= 15 is 0 Å². The number of nitrogens with two attached hydrogens (primary N) is 1. The number of Topliss-reactive ketones (excluding diaryl/α,β-unsaturated/α-hetero) is 1. The topological polar surface area (TPSA) is 115 Å². The average Bonchev–Trinajstić information content (AvgIpc) is 3.38. The molecule has 1 saturated heterocycles. The normalized spacial score (nSPS) is 19.5. The second-order valence-electron chi connectivity index (χ2n) is 11.2. The number of rotatable bonds is 9. The van der Waals surface area contributed by atoms with Crippen LogP contribution < -0.4 is 11.1 Å². The van der Waals surface area contributed by atoms with E-state index in [0.717, 1.165) is 75.5 Å². The smallest absolute Gasteiger partial charge is 0.238 e. The zero-order valence-electron chi connectivity index (χ0n) is 23.9. The van der Waals surface area contributed by atoms with Crippen molar-refractivity contribution in [1.29, 1.82) is 0 Å². The highest BCUT2D eigenvalue weighted by molar-refractivity contribution is 6.06. The van der Waals surface area contributed by atoms with Gasteiger partial charge in [-0.2, -0.15) is 0 Å². The Morgan fingerprint density at radius 1 is 0.952 bits per heavy atom. The van der Waals surface area contributed by atoms with E-state index in [9.17, 15) is 9.59 Å². The number of aromatic nitrogens is 3. The summed E-state index contributed by atoms with van der Waals surface area (Å²) in [7, 11) is 0. The number of para-hydroxylation sites is 1. The zero-order chi connectivity index (χ0) is 28.9. The summed E-state index contributed by atoms with van der Waals surface area (Å²) in [6.45, 7) is 4.63. The summed E-state index contributed by atoms with van der Waals surface area (Å²) < 4.78 is 7.80. The number of morpholine rings is 1. The number of nitrogens with one attached hydrogen (secondary N) is 1. The second kappa shape index (κ2) is 12.9. The first-order valence-corrected chi connectivity index (χ1v) is 14.9. The van der Waals surface area contributed by atoms with E-state index in [1.165, 1.54) is 11.1 Å². The van der Waals surface area contributed by atoms with Gasteiger partial charge in [-0.15, -0.1) is 0 Å². The van der Waals surface area contributed by atoms with Crippen molar-refractivity contribution in [3.05, 3.63) is 89.4 Å². The first-order valence-electron chi connectivity index (χ1n) is 14.9. The maximum absolute atomic E-state index is 13.9. The molecule has 0 bridgehead atoms. The fourth-order valence-electron chi connectivity index (χ4n) is 6.37. The van der Waals surface area contributed by atoms with Crippen LogP contribution in [0.1, 0.15) is 58.9 Å². The Morgan fingerprint density at radius 3 is 2.55 bits per heavy atom. The lowest BCUT2D eigenvalue weighted by molar-refractivity contribution is -0.114. The number of pyridine rings is 1. The summed E-state index contributed by atoms with van der Waals surface area (Å²) in [6, 6.07) is 20.0. The lowest BCUT2D eigenvalue weighted by Gasteiger charge is -2.31. The molecule has 2 fully saturated rings. The van der Waals surface area contributed by atoms with Crippen LogP contribution in [0.25, 0.3) is 11.2 Å². The largest absolute Gasteiger partial charge is 0.379 e. The third-order valence-corrected chi connectivity index (χ3v) is 8.58. The standard InChI is InChI=1S/C33H38N6O3/c34-20-31(40)36-28-9-4-3-8-27(28)32(41)26-7-2-1-6-25(26)24-13-11-23(12-14-24)21-39-29-10-5-15-35-33(29)37-30(39)22-38-16-18-42-19-17-38/h3-5,8-15,25-26H,1-2,6-7,16-22,34H2,(H,36,40)/t25-,26-/m0/s1. The Hall–Kier alpha value is -3.92. The van der Waals surface area contributed by atoms with Gasteiger partial charge in [0.25, 0.3) is 0 Å². The third-order valence-electron chi connectivity index (χ3n) is 8.58. The molecular weight excluding hydrogens is 528 g/mol. The Bertz CT molecular complexity index is 1540. The lowest BCUT2D eigenvalue weighted by atomic mass is 9.72. The summed E-state index contributed by atoms with van der Waals surface area (Å²) in [5.74, 6) is 0.786. The molecule has 9 heteroatoms. The molecule has 2 aromatic carbocycles. The maximum atomic E-state index is 13.9. The van der Waals surface area contributed by atoms with Gasteiger partial charge in [0, 0.05) is 37.3 Å². The van der Waals surface area contributed by atoms with E-state index in [4.69, 9.17) is 15.5 Å². The van der Waals surface area contributed by atoms with Crippen LogP contribution in [-0.2, 0) is 22.6 Å². The van der Waals surface area contributed by atoms with Crippen LogP contribution in [0, 0.1) is 5.92 Å². The first kappa shape index (κ1) is 28.2. The van der Waals surface area contributed by atoms with E-state index in [0.29, 0.717) is 17.8 Å². The van der Waals surface area contributed by atoms with Gasteiger partial charge in [0.2, 0.25) is 5.91 Å². The molecule has 0 spiro atoms. The van der Waals surface area contributed by atoms with Crippen molar-refractivity contribution in [2.24, 2.45) is 11.7 Å². The summed E-state index contributed by atoms with van der Waals surface area (Å²) in [6.07, 6.45) is 5.72. The van der Waals surface area contributed by atoms with Gasteiger partial charge in [-0.3, -0.25) is 14.5 Å². The van der Waals surface area contributed by atoms with Crippen molar-refractivity contribution >= 4 is 28.5 Å². The van der Waals surface area contributed by atoms with E-state index in [1.807, 2.05) is 24.3 Å². The molecule has 9 nitrogen and oxygen atoms in total. The number of hydrogen-bond donors (Lipinski definition) is 2. The number of fused-ring (bicyclic) bond motifs is 1. The number of imidazole rings is 1. The molecule has 1 aliphatic carbocycles. The number of carbonyl (C=O) groups excluding carboxylic acids is 2. The fourth-order valence-corrected chi connectivity index (χ4v) is 6.37. The highest BCUT2D eigenvalue weighted by atomic mass is 16.5. The Labute approximate surface area is 246 Å². The Balaban J connectivity index is 1.23. The predicted octanol–water partition coefficient (Wildman–Crippen LogP) is 4.37. The second-order valence-corrected chi connectivity index (χ2v) is 11.2. The minimum absolute atomic E-state index is 0.0850. The lowest BCUT2D eigenvalue weighted by Crippen LogP contribution is -2.36. The quantitative estimate of drug-likeness (QED) is 0.289. The third kappa shape index (κ3) is 6.13. The van der Waals surface area contributed by atoms with Crippen LogP contribution in [0.5, 0.6) is 0 Å². The molecule has 3 N–H and O–H groups in total. The highest BCUT2D eigenvalue weighted by Crippen LogP contribution is 2.40. The molecule has 0 radical (unpaired) electrons. The first-order chi connectivity index (χ1) is 20.6. The van der Waals surface area contributed by atoms with Crippen LogP contribution in [0.3, 0.4) is 0 Å². The molecule has 4 aromatic rings. The fraction of sp³-hybridized carbons (Fsp3) is 0.394. The molecule has 3 heterocycles. The van der Waals surface area contributed by atoms with Gasteiger partial charge in [-0.25, -0.2) is 9.97 Å². The van der Waals surface area contributed by atoms with Gasteiger partial charge in [-0.05, 0) is 54.2 Å². The monoisotopic (exact) mass is 566 g/mol. The highest BCUT2D eigenvalue weighted by Gasteiger charge is 2.33. The molecule has 0 unspecified atom stereocenters. The van der Waals surface area contributed by atoms with E-state index in [-0.39, 0.29) is 30.1 Å². The average molecular weight is 567 g/mol. The van der Waals surface area contributed by atoms with Crippen LogP contribution in [0.4, 0.5) is 5.69 Å². The number of benzene rings is 2. The minimum atomic E-state index is -0.305. The van der Waals surface area contributed by atoms with Gasteiger partial charge >= 0.3 is 0 Å². The van der Waals surface area contributed by atoms with Gasteiger partial charge < -0.3 is 20.4 Å². The Kier molecular flexibility index (Phi) is 8.69.